The SMILES string of the molecule is c1ccc(-c2ccc3c(c2)oc2cccc(-c4nc(-c5ccc6ccccc6c5)nc(-c5ccc6cc7c(cc6c5)oc5ccccc57)n4)c23)cc1. The van der Waals surface area contributed by atoms with Crippen LogP contribution in [0.1, 0.15) is 0 Å². The molecule has 5 nitrogen and oxygen atoms in total. The van der Waals surface area contributed by atoms with Crippen molar-refractivity contribution in [1.29, 1.82) is 0 Å². The van der Waals surface area contributed by atoms with Gasteiger partial charge in [0, 0.05) is 38.2 Å². The molecule has 5 heteroatoms. The van der Waals surface area contributed by atoms with E-state index in [1.807, 2.05) is 36.4 Å². The number of benzene rings is 8. The number of fused-ring (bicyclic) bond motifs is 8. The maximum atomic E-state index is 6.48. The van der Waals surface area contributed by atoms with Gasteiger partial charge < -0.3 is 8.83 Å². The lowest BCUT2D eigenvalue weighted by atomic mass is 10.0. The number of nitrogens with zero attached hydrogens (tertiary/aromatic N) is 3. The van der Waals surface area contributed by atoms with Crippen LogP contribution in [0.3, 0.4) is 0 Å². The van der Waals surface area contributed by atoms with Crippen molar-refractivity contribution < 1.29 is 8.83 Å². The van der Waals surface area contributed by atoms with Gasteiger partial charge in [-0.1, -0.05) is 115 Å². The fraction of sp³-hybridized carbons (Fsp3) is 0. The number of para-hydroxylation sites is 1. The average Bonchev–Trinajstić information content (AvgIpc) is 3.77. The molecule has 0 bridgehead atoms. The fourth-order valence-corrected chi connectivity index (χ4v) is 7.51. The summed E-state index contributed by atoms with van der Waals surface area (Å²) in [6.45, 7) is 0. The Morgan fingerprint density at radius 3 is 1.81 bits per heavy atom. The highest BCUT2D eigenvalue weighted by Crippen LogP contribution is 2.39. The Hall–Kier alpha value is -7.11. The highest BCUT2D eigenvalue weighted by Gasteiger charge is 2.19. The number of hydrogen-bond acceptors (Lipinski definition) is 5. The molecule has 0 N–H and O–H groups in total. The maximum Gasteiger partial charge on any atom is 0.164 e. The molecule has 8 aromatic carbocycles. The summed E-state index contributed by atoms with van der Waals surface area (Å²) in [5.74, 6) is 1.78. The summed E-state index contributed by atoms with van der Waals surface area (Å²) in [5.41, 5.74) is 8.29. The predicted molar refractivity (Wildman–Crippen MR) is 211 cm³/mol. The fourth-order valence-electron chi connectivity index (χ4n) is 7.51. The zero-order valence-electron chi connectivity index (χ0n) is 27.7. The zero-order chi connectivity index (χ0) is 34.2. The second kappa shape index (κ2) is 11.2. The molecule has 0 aliphatic heterocycles. The van der Waals surface area contributed by atoms with E-state index in [0.717, 1.165) is 93.2 Å². The van der Waals surface area contributed by atoms with E-state index >= 15 is 0 Å². The molecule has 0 aliphatic carbocycles. The van der Waals surface area contributed by atoms with E-state index in [9.17, 15) is 0 Å². The monoisotopic (exact) mass is 665 g/mol. The van der Waals surface area contributed by atoms with Crippen LogP contribution in [0.2, 0.25) is 0 Å². The topological polar surface area (TPSA) is 65.0 Å². The molecule has 0 unspecified atom stereocenters. The van der Waals surface area contributed by atoms with Crippen LogP contribution in [-0.4, -0.2) is 15.0 Å². The van der Waals surface area contributed by atoms with Crippen LogP contribution >= 0.6 is 0 Å². The summed E-state index contributed by atoms with van der Waals surface area (Å²) >= 11 is 0. The molecule has 52 heavy (non-hydrogen) atoms. The molecule has 0 saturated heterocycles. The lowest BCUT2D eigenvalue weighted by Gasteiger charge is -2.10. The van der Waals surface area contributed by atoms with Gasteiger partial charge in [-0.15, -0.1) is 0 Å². The predicted octanol–water partition coefficient (Wildman–Crippen LogP) is 12.6. The van der Waals surface area contributed by atoms with Crippen molar-refractivity contribution >= 4 is 65.4 Å². The quantitative estimate of drug-likeness (QED) is 0.187. The molecule has 0 aliphatic rings. The molecule has 0 fully saturated rings. The Kier molecular flexibility index (Phi) is 6.18. The molecule has 0 atom stereocenters. The van der Waals surface area contributed by atoms with Gasteiger partial charge in [0.2, 0.25) is 0 Å². The minimum Gasteiger partial charge on any atom is -0.456 e. The van der Waals surface area contributed by atoms with E-state index in [4.69, 9.17) is 23.8 Å². The summed E-state index contributed by atoms with van der Waals surface area (Å²) in [6, 6.07) is 56.4. The molecule has 0 spiro atoms. The van der Waals surface area contributed by atoms with Crippen LogP contribution in [0.15, 0.2) is 173 Å². The molecule has 0 amide bonds. The third-order valence-corrected chi connectivity index (χ3v) is 10.1. The van der Waals surface area contributed by atoms with Crippen molar-refractivity contribution in [3.8, 4) is 45.3 Å². The van der Waals surface area contributed by atoms with E-state index in [1.165, 1.54) is 0 Å². The number of hydrogen-bond donors (Lipinski definition) is 0. The van der Waals surface area contributed by atoms with E-state index < -0.39 is 0 Å². The van der Waals surface area contributed by atoms with Crippen LogP contribution in [0.4, 0.5) is 0 Å². The van der Waals surface area contributed by atoms with Crippen molar-refractivity contribution in [2.75, 3.05) is 0 Å². The normalized spacial score (nSPS) is 11.8. The standard InChI is InChI=1S/C47H27N3O2/c1-2-9-28(10-3-1)32-21-22-37-42(26-32)52-41-16-8-14-38(44(37)41)47-49-45(33-19-17-29-11-4-5-12-30(29)23-33)48-46(50-47)34-20-18-31-25-39-36-13-6-7-15-40(36)51-43(39)27-35(31)24-34/h1-27H. The minimum atomic E-state index is 0.585. The third kappa shape index (κ3) is 4.60. The van der Waals surface area contributed by atoms with Crippen LogP contribution in [0.25, 0.3) is 111 Å². The first-order valence-corrected chi connectivity index (χ1v) is 17.3. The van der Waals surface area contributed by atoms with Gasteiger partial charge in [0.05, 0.1) is 0 Å². The number of rotatable bonds is 4. The molecule has 3 aromatic heterocycles. The zero-order valence-corrected chi connectivity index (χ0v) is 27.7. The Bertz CT molecular complexity index is 3190. The first kappa shape index (κ1) is 28.7. The summed E-state index contributed by atoms with van der Waals surface area (Å²) in [5, 5.41) is 8.67. The highest BCUT2D eigenvalue weighted by molar-refractivity contribution is 6.13. The van der Waals surface area contributed by atoms with Gasteiger partial charge in [-0.25, -0.2) is 15.0 Å². The lowest BCUT2D eigenvalue weighted by Crippen LogP contribution is -2.00. The van der Waals surface area contributed by atoms with Crippen molar-refractivity contribution in [2.45, 2.75) is 0 Å². The third-order valence-electron chi connectivity index (χ3n) is 10.1. The number of furan rings is 2. The van der Waals surface area contributed by atoms with E-state index in [0.29, 0.717) is 17.5 Å². The smallest absolute Gasteiger partial charge is 0.164 e. The summed E-state index contributed by atoms with van der Waals surface area (Å²) < 4.78 is 12.7. The van der Waals surface area contributed by atoms with Crippen LogP contribution in [0.5, 0.6) is 0 Å². The Morgan fingerprint density at radius 2 is 0.942 bits per heavy atom. The van der Waals surface area contributed by atoms with Crippen LogP contribution in [-0.2, 0) is 0 Å². The molecule has 0 radical (unpaired) electrons. The van der Waals surface area contributed by atoms with Crippen molar-refractivity contribution in [2.24, 2.45) is 0 Å². The Labute approximate surface area is 297 Å². The van der Waals surface area contributed by atoms with E-state index in [1.54, 1.807) is 0 Å². The molecule has 11 rings (SSSR count). The van der Waals surface area contributed by atoms with Gasteiger partial charge in [-0.05, 0) is 81.2 Å². The minimum absolute atomic E-state index is 0.585. The summed E-state index contributed by atoms with van der Waals surface area (Å²) in [4.78, 5) is 15.5. The van der Waals surface area contributed by atoms with E-state index in [2.05, 4.69) is 127 Å². The van der Waals surface area contributed by atoms with Crippen molar-refractivity contribution in [1.82, 2.24) is 15.0 Å². The molecule has 0 saturated carbocycles. The lowest BCUT2D eigenvalue weighted by molar-refractivity contribution is 0.669. The van der Waals surface area contributed by atoms with Gasteiger partial charge in [-0.3, -0.25) is 0 Å². The first-order valence-electron chi connectivity index (χ1n) is 17.3. The summed E-state index contributed by atoms with van der Waals surface area (Å²) in [6.07, 6.45) is 0. The molecular formula is C47H27N3O2. The Balaban J connectivity index is 1.12. The second-order valence-corrected chi connectivity index (χ2v) is 13.2. The number of aromatic nitrogens is 3. The van der Waals surface area contributed by atoms with E-state index in [-0.39, 0.29) is 0 Å². The molecule has 3 heterocycles. The van der Waals surface area contributed by atoms with Crippen LogP contribution in [0, 0.1) is 0 Å². The molecule has 242 valence electrons. The largest absolute Gasteiger partial charge is 0.456 e. The average molecular weight is 666 g/mol. The van der Waals surface area contributed by atoms with Gasteiger partial charge >= 0.3 is 0 Å². The van der Waals surface area contributed by atoms with Crippen molar-refractivity contribution in [3.05, 3.63) is 164 Å². The first-order chi connectivity index (χ1) is 25.7. The molecule has 11 aromatic rings. The van der Waals surface area contributed by atoms with Crippen LogP contribution < -0.4 is 0 Å². The van der Waals surface area contributed by atoms with Crippen molar-refractivity contribution in [3.63, 3.8) is 0 Å². The van der Waals surface area contributed by atoms with Gasteiger partial charge in [0.25, 0.3) is 0 Å². The second-order valence-electron chi connectivity index (χ2n) is 13.2. The molecular weight excluding hydrogens is 639 g/mol. The highest BCUT2D eigenvalue weighted by atomic mass is 16.3. The maximum absolute atomic E-state index is 6.48. The van der Waals surface area contributed by atoms with Gasteiger partial charge in [-0.2, -0.15) is 0 Å². The Morgan fingerprint density at radius 1 is 0.308 bits per heavy atom. The summed E-state index contributed by atoms with van der Waals surface area (Å²) in [7, 11) is 0. The van der Waals surface area contributed by atoms with Gasteiger partial charge in [0.15, 0.2) is 17.5 Å². The van der Waals surface area contributed by atoms with Gasteiger partial charge in [0.1, 0.15) is 22.3 Å².